The molecule has 0 aliphatic rings. The molecule has 0 aliphatic heterocycles. The van der Waals surface area contributed by atoms with Gasteiger partial charge in [0.2, 0.25) is 0 Å². The van der Waals surface area contributed by atoms with Crippen LogP contribution in [-0.4, -0.2) is 9.78 Å². The van der Waals surface area contributed by atoms with Crippen molar-refractivity contribution in [3.8, 4) is 0 Å². The topological polar surface area (TPSA) is 17.8 Å². The molecule has 2 nitrogen and oxygen atoms in total. The Kier molecular flexibility index (Phi) is 2.87. The van der Waals surface area contributed by atoms with Crippen molar-refractivity contribution >= 4 is 24.0 Å². The molecule has 0 atom stereocenters. The molecule has 0 saturated heterocycles. The maximum atomic E-state index is 5.48. The van der Waals surface area contributed by atoms with E-state index >= 15 is 0 Å². The summed E-state index contributed by atoms with van der Waals surface area (Å²) in [5.41, 5.74) is 0. The molecule has 8 heavy (non-hydrogen) atoms. The molecule has 1 rings (SSSR count). The lowest BCUT2D eigenvalue weighted by Gasteiger charge is -1.77. The predicted octanol–water partition coefficient (Wildman–Crippen LogP) is 1.50. The van der Waals surface area contributed by atoms with E-state index in [2.05, 4.69) is 5.10 Å². The Morgan fingerprint density at radius 1 is 1.75 bits per heavy atom. The number of aromatic nitrogens is 2. The minimum absolute atomic E-state index is 0. The lowest BCUT2D eigenvalue weighted by molar-refractivity contribution is 0.768. The Bertz CT molecular complexity index is 144. The third-order valence-corrected chi connectivity index (χ3v) is 0.869. The van der Waals surface area contributed by atoms with E-state index < -0.39 is 0 Å². The van der Waals surface area contributed by atoms with Crippen molar-refractivity contribution in [1.29, 1.82) is 0 Å². The Labute approximate surface area is 58.9 Å². The molecule has 0 spiro atoms. The van der Waals surface area contributed by atoms with Gasteiger partial charge in [0.25, 0.3) is 0 Å². The molecule has 0 radical (unpaired) electrons. The molecule has 0 saturated carbocycles. The Morgan fingerprint density at radius 3 is 2.50 bits per heavy atom. The van der Waals surface area contributed by atoms with Crippen LogP contribution in [0.4, 0.5) is 0 Å². The second-order valence-electron chi connectivity index (χ2n) is 1.33. The molecule has 1 aromatic rings. The van der Waals surface area contributed by atoms with Gasteiger partial charge < -0.3 is 0 Å². The monoisotopic (exact) mass is 152 g/mol. The molecule has 0 N–H and O–H groups in total. The second kappa shape index (κ2) is 2.95. The lowest BCUT2D eigenvalue weighted by atomic mass is 10.7. The average Bonchev–Trinajstić information content (AvgIpc) is 1.87. The van der Waals surface area contributed by atoms with Gasteiger partial charge in [0, 0.05) is 13.2 Å². The molecule has 1 heterocycles. The van der Waals surface area contributed by atoms with E-state index in [0.29, 0.717) is 5.02 Å². The van der Waals surface area contributed by atoms with E-state index in [0.717, 1.165) is 0 Å². The van der Waals surface area contributed by atoms with E-state index in [1.807, 2.05) is 7.05 Å². The van der Waals surface area contributed by atoms with Gasteiger partial charge in [-0.05, 0) is 0 Å². The van der Waals surface area contributed by atoms with Crippen LogP contribution in [0.25, 0.3) is 0 Å². The van der Waals surface area contributed by atoms with E-state index in [1.165, 1.54) is 0 Å². The maximum Gasteiger partial charge on any atom is 0.0785 e. The maximum absolute atomic E-state index is 5.48. The van der Waals surface area contributed by atoms with Gasteiger partial charge in [0.05, 0.1) is 11.2 Å². The molecule has 4 heteroatoms. The highest BCUT2D eigenvalue weighted by molar-refractivity contribution is 6.30. The summed E-state index contributed by atoms with van der Waals surface area (Å²) in [7, 11) is 1.83. The number of aryl methyl sites for hydroxylation is 1. The largest absolute Gasteiger partial charge is 0.274 e. The number of rotatable bonds is 0. The van der Waals surface area contributed by atoms with Gasteiger partial charge in [0.15, 0.2) is 0 Å². The van der Waals surface area contributed by atoms with Crippen LogP contribution >= 0.6 is 24.0 Å². The number of nitrogens with zero attached hydrogens (tertiary/aromatic N) is 2. The molecule has 1 aromatic heterocycles. The fourth-order valence-electron chi connectivity index (χ4n) is 0.391. The third-order valence-electron chi connectivity index (χ3n) is 0.673. The van der Waals surface area contributed by atoms with Crippen molar-refractivity contribution in [1.82, 2.24) is 9.78 Å². The van der Waals surface area contributed by atoms with Crippen molar-refractivity contribution in [3.05, 3.63) is 17.4 Å². The Morgan fingerprint density at radius 2 is 2.38 bits per heavy atom. The Hall–Kier alpha value is -0.210. The molecule has 0 aliphatic carbocycles. The first-order valence-electron chi connectivity index (χ1n) is 1.93. The minimum atomic E-state index is 0. The van der Waals surface area contributed by atoms with E-state index in [9.17, 15) is 0 Å². The van der Waals surface area contributed by atoms with Gasteiger partial charge in [-0.1, -0.05) is 11.6 Å². The van der Waals surface area contributed by atoms with Gasteiger partial charge in [-0.15, -0.1) is 12.4 Å². The van der Waals surface area contributed by atoms with Crippen LogP contribution < -0.4 is 0 Å². The molecule has 46 valence electrons. The van der Waals surface area contributed by atoms with Gasteiger partial charge in [-0.25, -0.2) is 0 Å². The fraction of sp³-hybridized carbons (Fsp3) is 0.250. The molecule has 0 aromatic carbocycles. The van der Waals surface area contributed by atoms with E-state index in [-0.39, 0.29) is 12.4 Å². The SMILES string of the molecule is Cl.Cn1cc(Cl)cn1. The quantitative estimate of drug-likeness (QED) is 0.552. The van der Waals surface area contributed by atoms with Crippen LogP contribution in [0, 0.1) is 0 Å². The zero-order valence-electron chi connectivity index (χ0n) is 4.34. The van der Waals surface area contributed by atoms with Crippen molar-refractivity contribution in [2.75, 3.05) is 0 Å². The van der Waals surface area contributed by atoms with Crippen molar-refractivity contribution in [2.45, 2.75) is 0 Å². The summed E-state index contributed by atoms with van der Waals surface area (Å²) in [5, 5.41) is 4.48. The summed E-state index contributed by atoms with van der Waals surface area (Å²) in [5.74, 6) is 0. The van der Waals surface area contributed by atoms with Gasteiger partial charge in [0.1, 0.15) is 0 Å². The predicted molar refractivity (Wildman–Crippen MR) is 35.5 cm³/mol. The van der Waals surface area contributed by atoms with Crippen LogP contribution in [0.3, 0.4) is 0 Å². The smallest absolute Gasteiger partial charge is 0.0785 e. The molecule has 0 amide bonds. The first-order valence-corrected chi connectivity index (χ1v) is 2.31. The number of hydrogen-bond donors (Lipinski definition) is 0. The standard InChI is InChI=1S/C4H5ClN2.ClH/c1-7-3-4(5)2-6-7;/h2-3H,1H3;1H. The molecular weight excluding hydrogens is 147 g/mol. The van der Waals surface area contributed by atoms with Crippen molar-refractivity contribution in [3.63, 3.8) is 0 Å². The van der Waals surface area contributed by atoms with E-state index in [1.54, 1.807) is 17.1 Å². The van der Waals surface area contributed by atoms with Crippen LogP contribution in [-0.2, 0) is 7.05 Å². The second-order valence-corrected chi connectivity index (χ2v) is 1.77. The zero-order chi connectivity index (χ0) is 5.28. The summed E-state index contributed by atoms with van der Waals surface area (Å²) in [6.45, 7) is 0. The highest BCUT2D eigenvalue weighted by Gasteiger charge is 1.84. The minimum Gasteiger partial charge on any atom is -0.274 e. The van der Waals surface area contributed by atoms with E-state index in [4.69, 9.17) is 11.6 Å². The molecular formula is C4H6Cl2N2. The number of halogens is 2. The van der Waals surface area contributed by atoms with Crippen LogP contribution in [0.5, 0.6) is 0 Å². The molecule has 0 bridgehead atoms. The van der Waals surface area contributed by atoms with Crippen LogP contribution in [0.1, 0.15) is 0 Å². The zero-order valence-corrected chi connectivity index (χ0v) is 5.91. The van der Waals surface area contributed by atoms with Crippen molar-refractivity contribution in [2.24, 2.45) is 7.05 Å². The fourth-order valence-corrected chi connectivity index (χ4v) is 0.576. The summed E-state index contributed by atoms with van der Waals surface area (Å²) >= 11 is 5.48. The number of hydrogen-bond acceptors (Lipinski definition) is 1. The summed E-state index contributed by atoms with van der Waals surface area (Å²) in [6, 6.07) is 0. The summed E-state index contributed by atoms with van der Waals surface area (Å²) < 4.78 is 1.66. The molecule has 0 fully saturated rings. The first-order chi connectivity index (χ1) is 3.29. The first kappa shape index (κ1) is 7.79. The van der Waals surface area contributed by atoms with Gasteiger partial charge in [-0.2, -0.15) is 5.10 Å². The van der Waals surface area contributed by atoms with Crippen LogP contribution in [0.15, 0.2) is 12.4 Å². The van der Waals surface area contributed by atoms with Gasteiger partial charge >= 0.3 is 0 Å². The highest BCUT2D eigenvalue weighted by atomic mass is 35.5. The summed E-state index contributed by atoms with van der Waals surface area (Å²) in [4.78, 5) is 0. The average molecular weight is 153 g/mol. The van der Waals surface area contributed by atoms with Gasteiger partial charge in [-0.3, -0.25) is 4.68 Å². The normalized spacial score (nSPS) is 8.25. The molecule has 0 unspecified atom stereocenters. The van der Waals surface area contributed by atoms with Crippen LogP contribution in [0.2, 0.25) is 5.02 Å². The third kappa shape index (κ3) is 1.72. The lowest BCUT2D eigenvalue weighted by Crippen LogP contribution is -1.83. The van der Waals surface area contributed by atoms with Crippen molar-refractivity contribution < 1.29 is 0 Å². The Balaban J connectivity index is 0.000000490. The summed E-state index contributed by atoms with van der Waals surface area (Å²) in [6.07, 6.45) is 3.34. The highest BCUT2D eigenvalue weighted by Crippen LogP contribution is 2.01.